The molecule has 0 radical (unpaired) electrons. The Morgan fingerprint density at radius 1 is 1.29 bits per heavy atom. The molecule has 0 bridgehead atoms. The molecule has 1 aliphatic heterocycles. The Balaban J connectivity index is 2.79. The van der Waals surface area contributed by atoms with Crippen LogP contribution in [0.25, 0.3) is 0 Å². The summed E-state index contributed by atoms with van der Waals surface area (Å²) in [6, 6.07) is -0.144. The van der Waals surface area contributed by atoms with E-state index >= 15 is 0 Å². The van der Waals surface area contributed by atoms with Gasteiger partial charge in [-0.2, -0.15) is 0 Å². The number of aliphatic carboxylic acids is 1. The van der Waals surface area contributed by atoms with Crippen LogP contribution >= 0.6 is 0 Å². The maximum atomic E-state index is 12.7. The van der Waals surface area contributed by atoms with Crippen LogP contribution in [-0.4, -0.2) is 52.1 Å². The van der Waals surface area contributed by atoms with Gasteiger partial charge < -0.3 is 14.9 Å². The second-order valence-corrected chi connectivity index (χ2v) is 6.81. The van der Waals surface area contributed by atoms with E-state index in [4.69, 9.17) is 0 Å². The van der Waals surface area contributed by atoms with Crippen molar-refractivity contribution in [2.45, 2.75) is 59.4 Å². The predicted octanol–water partition coefficient (Wildman–Crippen LogP) is 3.05. The van der Waals surface area contributed by atoms with Gasteiger partial charge in [0.1, 0.15) is 5.54 Å². The smallest absolute Gasteiger partial charge is 0.329 e. The fourth-order valence-corrected chi connectivity index (χ4v) is 3.04. The van der Waals surface area contributed by atoms with Crippen molar-refractivity contribution in [2.24, 2.45) is 11.8 Å². The van der Waals surface area contributed by atoms with Gasteiger partial charge in [-0.1, -0.05) is 13.8 Å². The molecule has 1 atom stereocenters. The number of urea groups is 1. The first-order valence-corrected chi connectivity index (χ1v) is 8.01. The van der Waals surface area contributed by atoms with Crippen molar-refractivity contribution in [1.82, 2.24) is 9.80 Å². The van der Waals surface area contributed by atoms with Crippen molar-refractivity contribution < 1.29 is 14.7 Å². The van der Waals surface area contributed by atoms with E-state index in [2.05, 4.69) is 13.8 Å². The number of carbonyl (C=O) groups is 2. The molecule has 1 N–H and O–H groups in total. The van der Waals surface area contributed by atoms with Crippen molar-refractivity contribution in [3.05, 3.63) is 0 Å². The van der Waals surface area contributed by atoms with Crippen LogP contribution in [0.1, 0.15) is 53.9 Å². The summed E-state index contributed by atoms with van der Waals surface area (Å²) in [6.45, 7) is 11.3. The van der Waals surface area contributed by atoms with Gasteiger partial charge in [-0.25, -0.2) is 9.59 Å². The molecule has 0 aromatic heterocycles. The van der Waals surface area contributed by atoms with Gasteiger partial charge in [0.2, 0.25) is 0 Å². The number of hydrogen-bond donors (Lipinski definition) is 1. The summed E-state index contributed by atoms with van der Waals surface area (Å²) in [5.74, 6) is 0.329. The molecule has 1 unspecified atom stereocenters. The molecule has 1 saturated heterocycles. The van der Waals surface area contributed by atoms with Gasteiger partial charge in [-0.3, -0.25) is 0 Å². The number of hydrogen-bond acceptors (Lipinski definition) is 2. The molecule has 0 saturated carbocycles. The minimum absolute atomic E-state index is 0.144. The van der Waals surface area contributed by atoms with Gasteiger partial charge >= 0.3 is 12.0 Å². The van der Waals surface area contributed by atoms with E-state index in [9.17, 15) is 14.7 Å². The van der Waals surface area contributed by atoms with Crippen LogP contribution in [0.3, 0.4) is 0 Å². The van der Waals surface area contributed by atoms with Gasteiger partial charge in [0.15, 0.2) is 0 Å². The summed E-state index contributed by atoms with van der Waals surface area (Å²) >= 11 is 0. The highest BCUT2D eigenvalue weighted by molar-refractivity contribution is 5.85. The summed E-state index contributed by atoms with van der Waals surface area (Å²) in [6.07, 6.45) is 3.16. The average Bonchev–Trinajstić information content (AvgIpc) is 2.64. The molecule has 5 heteroatoms. The third-order valence-electron chi connectivity index (χ3n) is 4.73. The number of likely N-dealkylation sites (N-methyl/N-ethyl adjacent to an activating group) is 1. The molecule has 0 aliphatic carbocycles. The first-order valence-electron chi connectivity index (χ1n) is 8.01. The second-order valence-electron chi connectivity index (χ2n) is 6.81. The number of nitrogens with zero attached hydrogens (tertiary/aromatic N) is 2. The minimum Gasteiger partial charge on any atom is -0.480 e. The van der Waals surface area contributed by atoms with Gasteiger partial charge in [0.25, 0.3) is 0 Å². The van der Waals surface area contributed by atoms with Crippen molar-refractivity contribution in [3.63, 3.8) is 0 Å². The first-order chi connectivity index (χ1) is 9.71. The van der Waals surface area contributed by atoms with Crippen LogP contribution in [-0.2, 0) is 4.79 Å². The third kappa shape index (κ3) is 4.11. The summed E-state index contributed by atoms with van der Waals surface area (Å²) < 4.78 is 0. The fourth-order valence-electron chi connectivity index (χ4n) is 3.04. The van der Waals surface area contributed by atoms with E-state index in [1.807, 2.05) is 11.8 Å². The molecule has 2 amide bonds. The van der Waals surface area contributed by atoms with E-state index in [0.717, 1.165) is 32.4 Å². The molecule has 1 fully saturated rings. The van der Waals surface area contributed by atoms with Crippen LogP contribution in [0, 0.1) is 11.8 Å². The average molecular weight is 298 g/mol. The number of carboxylic acid groups (broad SMARTS) is 1. The van der Waals surface area contributed by atoms with Crippen LogP contribution < -0.4 is 0 Å². The minimum atomic E-state index is -1.17. The Labute approximate surface area is 128 Å². The Morgan fingerprint density at radius 2 is 1.90 bits per heavy atom. The van der Waals surface area contributed by atoms with Gasteiger partial charge in [-0.15, -0.1) is 0 Å². The Morgan fingerprint density at radius 3 is 2.38 bits per heavy atom. The summed E-state index contributed by atoms with van der Waals surface area (Å²) in [5, 5.41) is 9.35. The number of carboxylic acids is 1. The van der Waals surface area contributed by atoms with Gasteiger partial charge in [0.05, 0.1) is 0 Å². The lowest BCUT2D eigenvalue weighted by Crippen LogP contribution is -2.57. The lowest BCUT2D eigenvalue weighted by molar-refractivity contribution is -0.147. The Hall–Kier alpha value is -1.26. The fraction of sp³-hybridized carbons (Fsp3) is 0.875. The molecule has 122 valence electrons. The predicted molar refractivity (Wildman–Crippen MR) is 83.2 cm³/mol. The van der Waals surface area contributed by atoms with Crippen LogP contribution in [0.5, 0.6) is 0 Å². The van der Waals surface area contributed by atoms with E-state index in [1.165, 1.54) is 4.90 Å². The van der Waals surface area contributed by atoms with Crippen molar-refractivity contribution in [1.29, 1.82) is 0 Å². The quantitative estimate of drug-likeness (QED) is 0.867. The first kappa shape index (κ1) is 17.8. The third-order valence-corrected chi connectivity index (χ3v) is 4.73. The molecule has 0 spiro atoms. The summed E-state index contributed by atoms with van der Waals surface area (Å²) in [7, 11) is 0. The zero-order chi connectivity index (χ0) is 16.2. The second kappa shape index (κ2) is 7.14. The standard InChI is InChI=1S/C16H30N2O3/c1-6-18(16(4,5)14(19)20)15(21)17-10-7-8-13(9-11-17)12(2)3/h12-13H,6-11H2,1-5H3,(H,19,20). The van der Waals surface area contributed by atoms with E-state index in [1.54, 1.807) is 13.8 Å². The lowest BCUT2D eigenvalue weighted by Gasteiger charge is -2.38. The number of rotatable bonds is 4. The lowest BCUT2D eigenvalue weighted by atomic mass is 9.89. The highest BCUT2D eigenvalue weighted by atomic mass is 16.4. The van der Waals surface area contributed by atoms with Gasteiger partial charge in [-0.05, 0) is 51.9 Å². The molecule has 1 heterocycles. The molecule has 21 heavy (non-hydrogen) atoms. The Bertz CT molecular complexity index is 380. The number of amides is 2. The Kier molecular flexibility index (Phi) is 6.05. The molecule has 0 aromatic rings. The molecule has 5 nitrogen and oxygen atoms in total. The highest BCUT2D eigenvalue weighted by Gasteiger charge is 2.39. The van der Waals surface area contributed by atoms with Crippen LogP contribution in [0.15, 0.2) is 0 Å². The topological polar surface area (TPSA) is 60.9 Å². The van der Waals surface area contributed by atoms with Crippen molar-refractivity contribution in [3.8, 4) is 0 Å². The maximum Gasteiger partial charge on any atom is 0.329 e. The number of carbonyl (C=O) groups excluding carboxylic acids is 1. The monoisotopic (exact) mass is 298 g/mol. The van der Waals surface area contributed by atoms with Crippen molar-refractivity contribution >= 4 is 12.0 Å². The van der Waals surface area contributed by atoms with E-state index < -0.39 is 11.5 Å². The zero-order valence-electron chi connectivity index (χ0n) is 14.1. The molecule has 1 rings (SSSR count). The van der Waals surface area contributed by atoms with Crippen LogP contribution in [0.2, 0.25) is 0 Å². The summed E-state index contributed by atoms with van der Waals surface area (Å²) in [4.78, 5) is 27.4. The zero-order valence-corrected chi connectivity index (χ0v) is 14.1. The molecule has 1 aliphatic rings. The van der Waals surface area contributed by atoms with E-state index in [-0.39, 0.29) is 6.03 Å². The van der Waals surface area contributed by atoms with Crippen LogP contribution in [0.4, 0.5) is 4.79 Å². The van der Waals surface area contributed by atoms with Gasteiger partial charge in [0, 0.05) is 19.6 Å². The summed E-state index contributed by atoms with van der Waals surface area (Å²) in [5.41, 5.74) is -1.17. The largest absolute Gasteiger partial charge is 0.480 e. The molecular formula is C16H30N2O3. The van der Waals surface area contributed by atoms with Crippen molar-refractivity contribution in [2.75, 3.05) is 19.6 Å². The normalized spacial score (nSPS) is 20.3. The number of likely N-dealkylation sites (tertiary alicyclic amines) is 1. The van der Waals surface area contributed by atoms with E-state index in [0.29, 0.717) is 18.4 Å². The maximum absolute atomic E-state index is 12.7. The SMILES string of the molecule is CCN(C(=O)N1CCCC(C(C)C)CC1)C(C)(C)C(=O)O. The highest BCUT2D eigenvalue weighted by Crippen LogP contribution is 2.26. The molecular weight excluding hydrogens is 268 g/mol. The molecule has 0 aromatic carbocycles.